The molecule has 3 aromatic rings. The Kier molecular flexibility index (Phi) is 6.22. The van der Waals surface area contributed by atoms with Crippen molar-refractivity contribution in [1.29, 1.82) is 0 Å². The van der Waals surface area contributed by atoms with Gasteiger partial charge < -0.3 is 15.1 Å². The molecule has 1 aliphatic rings. The summed E-state index contributed by atoms with van der Waals surface area (Å²) in [6.07, 6.45) is -3.00. The monoisotopic (exact) mass is 474 g/mol. The van der Waals surface area contributed by atoms with Gasteiger partial charge in [0.25, 0.3) is 5.91 Å². The summed E-state index contributed by atoms with van der Waals surface area (Å²) in [5, 5.41) is 7.54. The van der Waals surface area contributed by atoms with Crippen LogP contribution in [0.4, 0.5) is 18.9 Å². The van der Waals surface area contributed by atoms with Crippen molar-refractivity contribution in [3.05, 3.63) is 54.0 Å². The molecule has 2 aromatic heterocycles. The molecule has 34 heavy (non-hydrogen) atoms. The SMILES string of the molecule is CC(=O)N1CCN(C(=O)Cn2cc3cc(NC(=O)c4cccc(C(F)(F)F)n4)ccc3n2)CC1. The second kappa shape index (κ2) is 9.12. The average Bonchev–Trinajstić information content (AvgIpc) is 3.20. The molecular weight excluding hydrogens is 453 g/mol. The third-order valence-corrected chi connectivity index (χ3v) is 5.46. The van der Waals surface area contributed by atoms with Crippen molar-refractivity contribution in [2.24, 2.45) is 0 Å². The van der Waals surface area contributed by atoms with Gasteiger partial charge in [-0.05, 0) is 30.3 Å². The number of piperazine rings is 1. The molecule has 0 aliphatic carbocycles. The highest BCUT2D eigenvalue weighted by atomic mass is 19.4. The second-order valence-electron chi connectivity index (χ2n) is 7.85. The molecule has 12 heteroatoms. The summed E-state index contributed by atoms with van der Waals surface area (Å²) >= 11 is 0. The molecule has 4 rings (SSSR count). The van der Waals surface area contributed by atoms with Crippen molar-refractivity contribution in [3.63, 3.8) is 0 Å². The predicted molar refractivity (Wildman–Crippen MR) is 116 cm³/mol. The van der Waals surface area contributed by atoms with Crippen molar-refractivity contribution in [1.82, 2.24) is 24.6 Å². The minimum atomic E-state index is -4.65. The van der Waals surface area contributed by atoms with E-state index in [4.69, 9.17) is 0 Å². The van der Waals surface area contributed by atoms with E-state index in [1.54, 1.807) is 34.2 Å². The summed E-state index contributed by atoms with van der Waals surface area (Å²) < 4.78 is 40.0. The summed E-state index contributed by atoms with van der Waals surface area (Å²) in [7, 11) is 0. The van der Waals surface area contributed by atoms with Crippen LogP contribution in [0.3, 0.4) is 0 Å². The van der Waals surface area contributed by atoms with Crippen molar-refractivity contribution >= 4 is 34.3 Å². The molecule has 1 aliphatic heterocycles. The van der Waals surface area contributed by atoms with Crippen LogP contribution in [0, 0.1) is 0 Å². The molecule has 0 radical (unpaired) electrons. The first kappa shape index (κ1) is 23.2. The van der Waals surface area contributed by atoms with E-state index in [2.05, 4.69) is 15.4 Å². The van der Waals surface area contributed by atoms with E-state index >= 15 is 0 Å². The fraction of sp³-hybridized carbons (Fsp3) is 0.318. The molecule has 1 N–H and O–H groups in total. The Morgan fingerprint density at radius 1 is 1.03 bits per heavy atom. The summed E-state index contributed by atoms with van der Waals surface area (Å²) in [6.45, 7) is 3.42. The molecule has 9 nitrogen and oxygen atoms in total. The average molecular weight is 474 g/mol. The molecule has 0 unspecified atom stereocenters. The second-order valence-corrected chi connectivity index (χ2v) is 7.85. The van der Waals surface area contributed by atoms with Crippen LogP contribution in [0.2, 0.25) is 0 Å². The summed E-state index contributed by atoms with van der Waals surface area (Å²) in [4.78, 5) is 43.2. The molecule has 3 heterocycles. The Labute approximate surface area is 192 Å². The van der Waals surface area contributed by atoms with Crippen LogP contribution in [0.5, 0.6) is 0 Å². The molecule has 3 amide bonds. The summed E-state index contributed by atoms with van der Waals surface area (Å²) in [5.41, 5.74) is -0.572. The van der Waals surface area contributed by atoms with Gasteiger partial charge in [0.1, 0.15) is 17.9 Å². The maximum Gasteiger partial charge on any atom is 0.433 e. The third kappa shape index (κ3) is 5.16. The number of amides is 3. The topological polar surface area (TPSA) is 100 Å². The fourth-order valence-corrected chi connectivity index (χ4v) is 3.66. The van der Waals surface area contributed by atoms with Gasteiger partial charge in [0.15, 0.2) is 0 Å². The van der Waals surface area contributed by atoms with Crippen LogP contribution in [0.1, 0.15) is 23.1 Å². The van der Waals surface area contributed by atoms with Gasteiger partial charge in [-0.3, -0.25) is 19.1 Å². The predicted octanol–water partition coefficient (Wildman–Crippen LogP) is 2.39. The normalized spacial score (nSPS) is 14.4. The van der Waals surface area contributed by atoms with E-state index in [9.17, 15) is 27.6 Å². The minimum absolute atomic E-state index is 0.0165. The van der Waals surface area contributed by atoms with Gasteiger partial charge in [-0.15, -0.1) is 0 Å². The first-order valence-electron chi connectivity index (χ1n) is 10.5. The number of anilines is 1. The third-order valence-electron chi connectivity index (χ3n) is 5.46. The van der Waals surface area contributed by atoms with Gasteiger partial charge in [0, 0.05) is 50.4 Å². The van der Waals surface area contributed by atoms with Crippen LogP contribution in [0.25, 0.3) is 10.9 Å². The fourth-order valence-electron chi connectivity index (χ4n) is 3.66. The number of nitrogens with zero attached hydrogens (tertiary/aromatic N) is 5. The molecular formula is C22H21F3N6O3. The van der Waals surface area contributed by atoms with Gasteiger partial charge in [-0.25, -0.2) is 4.98 Å². The molecule has 178 valence electrons. The number of carbonyl (C=O) groups excluding carboxylic acids is 3. The number of aromatic nitrogens is 3. The molecule has 0 spiro atoms. The van der Waals surface area contributed by atoms with Crippen LogP contribution >= 0.6 is 0 Å². The van der Waals surface area contributed by atoms with Gasteiger partial charge in [-0.2, -0.15) is 18.3 Å². The van der Waals surface area contributed by atoms with E-state index in [1.165, 1.54) is 17.7 Å². The van der Waals surface area contributed by atoms with E-state index in [0.29, 0.717) is 42.8 Å². The zero-order chi connectivity index (χ0) is 24.5. The number of benzene rings is 1. The van der Waals surface area contributed by atoms with Crippen molar-refractivity contribution in [2.45, 2.75) is 19.6 Å². The van der Waals surface area contributed by atoms with Gasteiger partial charge >= 0.3 is 6.18 Å². The Balaban J connectivity index is 1.42. The number of alkyl halides is 3. The zero-order valence-electron chi connectivity index (χ0n) is 18.2. The Bertz CT molecular complexity index is 1250. The lowest BCUT2D eigenvalue weighted by Gasteiger charge is -2.34. The molecule has 0 bridgehead atoms. The van der Waals surface area contributed by atoms with Crippen molar-refractivity contribution in [2.75, 3.05) is 31.5 Å². The molecule has 0 saturated carbocycles. The van der Waals surface area contributed by atoms with Crippen LogP contribution in [-0.4, -0.2) is 68.5 Å². The summed E-state index contributed by atoms with van der Waals surface area (Å²) in [5.74, 6) is -0.921. The maximum atomic E-state index is 12.8. The molecule has 1 saturated heterocycles. The molecule has 1 fully saturated rings. The standard InChI is InChI=1S/C22H21F3N6O3/c1-14(32)29-7-9-30(10-8-29)20(33)13-31-12-15-11-16(5-6-17(15)28-31)26-21(34)18-3-2-4-19(27-18)22(23,24)25/h2-6,11-12H,7-10,13H2,1H3,(H,26,34). The molecule has 1 aromatic carbocycles. The van der Waals surface area contributed by atoms with Crippen LogP contribution in [0.15, 0.2) is 42.6 Å². The lowest BCUT2D eigenvalue weighted by atomic mass is 10.2. The first-order chi connectivity index (χ1) is 16.1. The molecule has 0 atom stereocenters. The van der Waals surface area contributed by atoms with Crippen LogP contribution < -0.4 is 5.32 Å². The quantitative estimate of drug-likeness (QED) is 0.626. The number of hydrogen-bond acceptors (Lipinski definition) is 5. The van der Waals surface area contributed by atoms with Gasteiger partial charge in [0.05, 0.1) is 5.52 Å². The largest absolute Gasteiger partial charge is 0.433 e. The van der Waals surface area contributed by atoms with Crippen molar-refractivity contribution in [3.8, 4) is 0 Å². The van der Waals surface area contributed by atoms with Crippen molar-refractivity contribution < 1.29 is 27.6 Å². The van der Waals surface area contributed by atoms with E-state index in [1.807, 2.05) is 0 Å². The number of rotatable bonds is 4. The Hall–Kier alpha value is -3.96. The first-order valence-corrected chi connectivity index (χ1v) is 10.5. The number of carbonyl (C=O) groups is 3. The van der Waals surface area contributed by atoms with Gasteiger partial charge in [0.2, 0.25) is 11.8 Å². The highest BCUT2D eigenvalue weighted by Gasteiger charge is 2.33. The highest BCUT2D eigenvalue weighted by Crippen LogP contribution is 2.27. The highest BCUT2D eigenvalue weighted by molar-refractivity contribution is 6.03. The number of halogens is 3. The van der Waals surface area contributed by atoms with E-state index < -0.39 is 17.8 Å². The smallest absolute Gasteiger partial charge is 0.339 e. The Morgan fingerprint density at radius 3 is 2.41 bits per heavy atom. The lowest BCUT2D eigenvalue weighted by molar-refractivity contribution is -0.141. The summed E-state index contributed by atoms with van der Waals surface area (Å²) in [6, 6.07) is 7.92. The number of nitrogens with one attached hydrogen (secondary N) is 1. The number of fused-ring (bicyclic) bond motifs is 1. The van der Waals surface area contributed by atoms with Crippen LogP contribution in [-0.2, 0) is 22.3 Å². The van der Waals surface area contributed by atoms with Gasteiger partial charge in [-0.1, -0.05) is 6.07 Å². The maximum absolute atomic E-state index is 12.8. The zero-order valence-corrected chi connectivity index (χ0v) is 18.2. The van der Waals surface area contributed by atoms with E-state index in [-0.39, 0.29) is 24.1 Å². The number of pyridine rings is 1. The Morgan fingerprint density at radius 2 is 1.74 bits per heavy atom. The van der Waals surface area contributed by atoms with E-state index in [0.717, 1.165) is 12.1 Å². The number of hydrogen-bond donors (Lipinski definition) is 1. The lowest BCUT2D eigenvalue weighted by Crippen LogP contribution is -2.50. The minimum Gasteiger partial charge on any atom is -0.339 e.